The van der Waals surface area contributed by atoms with E-state index in [4.69, 9.17) is 28.9 Å². The highest BCUT2D eigenvalue weighted by Crippen LogP contribution is 2.37. The molecule has 222 valence electrons. The fraction of sp³-hybridized carbons (Fsp3) is 0.375. The summed E-state index contributed by atoms with van der Waals surface area (Å²) in [4.78, 5) is 5.09. The molecule has 6 rings (SSSR count). The second kappa shape index (κ2) is 12.1. The minimum Gasteiger partial charge on any atom is -0.406 e. The summed E-state index contributed by atoms with van der Waals surface area (Å²) in [6.07, 6.45) is 0.495. The van der Waals surface area contributed by atoms with Crippen molar-refractivity contribution in [2.24, 2.45) is 5.73 Å². The summed E-state index contributed by atoms with van der Waals surface area (Å²) in [7, 11) is 0. The van der Waals surface area contributed by atoms with E-state index >= 15 is 0 Å². The standard InChI is InChI=1S/C32H33Cl2F3N4O/c33-29-3-1-4-30(34)28(29)20-41-23-8-9-24(41)18-39(17-23)16-21-5-12-31-26(15-21)27(19-40(31)14-2-13-38)22-6-10-25(11-7-22)42-32(35,36)37/h1,3-7,10-12,15,19,23-24H,2,8-9,13-14,16-18,20,38H2. The number of halogens is 5. The number of nitrogens with two attached hydrogens (primary N) is 1. The van der Waals surface area contributed by atoms with Crippen molar-refractivity contribution in [1.82, 2.24) is 14.4 Å². The number of rotatable bonds is 9. The Labute approximate surface area is 253 Å². The van der Waals surface area contributed by atoms with Gasteiger partial charge in [0.2, 0.25) is 0 Å². The molecule has 2 unspecified atom stereocenters. The minimum atomic E-state index is -4.72. The van der Waals surface area contributed by atoms with Crippen LogP contribution in [-0.4, -0.2) is 52.4 Å². The number of nitrogens with zero attached hydrogens (tertiary/aromatic N) is 3. The van der Waals surface area contributed by atoms with Crippen LogP contribution in [0.25, 0.3) is 22.0 Å². The van der Waals surface area contributed by atoms with Crippen LogP contribution < -0.4 is 10.5 Å². The molecule has 2 atom stereocenters. The van der Waals surface area contributed by atoms with Crippen molar-refractivity contribution in [2.75, 3.05) is 19.6 Å². The third-order valence-electron chi connectivity index (χ3n) is 8.47. The lowest BCUT2D eigenvalue weighted by atomic mass is 10.0. The van der Waals surface area contributed by atoms with Crippen molar-refractivity contribution in [2.45, 2.75) is 57.3 Å². The Morgan fingerprint density at radius 2 is 1.60 bits per heavy atom. The van der Waals surface area contributed by atoms with Gasteiger partial charge in [-0.2, -0.15) is 0 Å². The first-order chi connectivity index (χ1) is 20.2. The Morgan fingerprint density at radius 1 is 0.905 bits per heavy atom. The molecule has 3 heterocycles. The van der Waals surface area contributed by atoms with Gasteiger partial charge in [0.05, 0.1) is 0 Å². The van der Waals surface area contributed by atoms with Crippen molar-refractivity contribution in [1.29, 1.82) is 0 Å². The van der Waals surface area contributed by atoms with E-state index in [2.05, 4.69) is 43.5 Å². The van der Waals surface area contributed by atoms with E-state index in [-0.39, 0.29) is 5.75 Å². The molecular weight excluding hydrogens is 584 g/mol. The second-order valence-electron chi connectivity index (χ2n) is 11.3. The zero-order chi connectivity index (χ0) is 29.4. The number of aromatic nitrogens is 1. The monoisotopic (exact) mass is 616 g/mol. The number of aryl methyl sites for hydroxylation is 1. The van der Waals surface area contributed by atoms with Crippen LogP contribution in [0.1, 0.15) is 30.4 Å². The Balaban J connectivity index is 1.22. The van der Waals surface area contributed by atoms with Crippen molar-refractivity contribution in [3.63, 3.8) is 0 Å². The lowest BCUT2D eigenvalue weighted by Gasteiger charge is -2.41. The van der Waals surface area contributed by atoms with E-state index in [1.165, 1.54) is 17.7 Å². The molecule has 2 N–H and O–H groups in total. The maximum Gasteiger partial charge on any atom is 0.573 e. The molecule has 4 aromatic rings. The number of fused-ring (bicyclic) bond motifs is 3. The highest BCUT2D eigenvalue weighted by Gasteiger charge is 2.40. The molecule has 2 bridgehead atoms. The van der Waals surface area contributed by atoms with Gasteiger partial charge in [-0.1, -0.05) is 47.5 Å². The maximum absolute atomic E-state index is 12.7. The zero-order valence-electron chi connectivity index (χ0n) is 23.1. The van der Waals surface area contributed by atoms with Gasteiger partial charge in [-0.25, -0.2) is 0 Å². The van der Waals surface area contributed by atoms with Crippen LogP contribution in [0, 0.1) is 0 Å². The summed E-state index contributed by atoms with van der Waals surface area (Å²) < 4.78 is 44.3. The Hall–Kier alpha value is -2.75. The largest absolute Gasteiger partial charge is 0.573 e. The van der Waals surface area contributed by atoms with Crippen LogP contribution in [0.5, 0.6) is 5.75 Å². The van der Waals surface area contributed by atoms with E-state index in [0.29, 0.717) is 28.7 Å². The van der Waals surface area contributed by atoms with Crippen molar-refractivity contribution in [3.05, 3.63) is 88.0 Å². The molecule has 0 radical (unpaired) electrons. The average Bonchev–Trinajstić information content (AvgIpc) is 3.41. The van der Waals surface area contributed by atoms with Crippen LogP contribution in [0.2, 0.25) is 10.0 Å². The van der Waals surface area contributed by atoms with E-state index in [0.717, 1.165) is 79.6 Å². The summed E-state index contributed by atoms with van der Waals surface area (Å²) in [5.41, 5.74) is 10.9. The van der Waals surface area contributed by atoms with Gasteiger partial charge in [0.25, 0.3) is 0 Å². The molecule has 2 fully saturated rings. The Morgan fingerprint density at radius 3 is 2.24 bits per heavy atom. The zero-order valence-corrected chi connectivity index (χ0v) is 24.6. The number of hydrogen-bond donors (Lipinski definition) is 1. The van der Waals surface area contributed by atoms with Crippen LogP contribution in [0.4, 0.5) is 13.2 Å². The number of ether oxygens (including phenoxy) is 1. The summed E-state index contributed by atoms with van der Waals surface area (Å²) in [5.74, 6) is -0.232. The lowest BCUT2D eigenvalue weighted by molar-refractivity contribution is -0.274. The third kappa shape index (κ3) is 6.29. The molecule has 5 nitrogen and oxygen atoms in total. The summed E-state index contributed by atoms with van der Waals surface area (Å²) in [6, 6.07) is 19.2. The number of alkyl halides is 3. The predicted octanol–water partition coefficient (Wildman–Crippen LogP) is 7.71. The van der Waals surface area contributed by atoms with Crippen LogP contribution in [-0.2, 0) is 19.6 Å². The molecule has 10 heteroatoms. The van der Waals surface area contributed by atoms with E-state index in [1.54, 1.807) is 12.1 Å². The van der Waals surface area contributed by atoms with Crippen molar-refractivity contribution in [3.8, 4) is 16.9 Å². The van der Waals surface area contributed by atoms with Gasteiger partial charge in [0.15, 0.2) is 0 Å². The van der Waals surface area contributed by atoms with Crippen LogP contribution in [0.3, 0.4) is 0 Å². The molecule has 3 aromatic carbocycles. The first kappa shape index (κ1) is 29.3. The van der Waals surface area contributed by atoms with Crippen molar-refractivity contribution >= 4 is 34.1 Å². The number of likely N-dealkylation sites (tertiary alicyclic amines) is 1. The van der Waals surface area contributed by atoms with Gasteiger partial charge in [0.1, 0.15) is 5.75 Å². The van der Waals surface area contributed by atoms with Gasteiger partial charge >= 0.3 is 6.36 Å². The second-order valence-corrected chi connectivity index (χ2v) is 12.1. The van der Waals surface area contributed by atoms with E-state index in [1.807, 2.05) is 18.2 Å². The van der Waals surface area contributed by atoms with Crippen LogP contribution in [0.15, 0.2) is 66.9 Å². The molecule has 0 aliphatic carbocycles. The van der Waals surface area contributed by atoms with Gasteiger partial charge in [-0.15, -0.1) is 13.2 Å². The van der Waals surface area contributed by atoms with E-state index < -0.39 is 6.36 Å². The smallest absolute Gasteiger partial charge is 0.406 e. The van der Waals surface area contributed by atoms with Gasteiger partial charge in [-0.05, 0) is 73.3 Å². The fourth-order valence-corrected chi connectivity index (χ4v) is 7.06. The summed E-state index contributed by atoms with van der Waals surface area (Å²) in [5, 5.41) is 2.51. The lowest BCUT2D eigenvalue weighted by Crippen LogP contribution is -2.52. The maximum atomic E-state index is 12.7. The summed E-state index contributed by atoms with van der Waals surface area (Å²) in [6.45, 7) is 4.88. The van der Waals surface area contributed by atoms with Gasteiger partial charge < -0.3 is 15.0 Å². The average molecular weight is 618 g/mol. The number of piperazine rings is 1. The number of benzene rings is 3. The Bertz CT molecular complexity index is 1520. The predicted molar refractivity (Wildman–Crippen MR) is 162 cm³/mol. The van der Waals surface area contributed by atoms with Crippen molar-refractivity contribution < 1.29 is 17.9 Å². The fourth-order valence-electron chi connectivity index (χ4n) is 6.54. The topological polar surface area (TPSA) is 46.7 Å². The first-order valence-corrected chi connectivity index (χ1v) is 15.0. The molecule has 42 heavy (non-hydrogen) atoms. The highest BCUT2D eigenvalue weighted by atomic mass is 35.5. The summed E-state index contributed by atoms with van der Waals surface area (Å²) >= 11 is 13.0. The molecule has 1 aromatic heterocycles. The van der Waals surface area contributed by atoms with Crippen LogP contribution >= 0.6 is 23.2 Å². The quantitative estimate of drug-likeness (QED) is 0.209. The molecular formula is C32H33Cl2F3N4O. The van der Waals surface area contributed by atoms with E-state index in [9.17, 15) is 13.2 Å². The molecule has 0 amide bonds. The first-order valence-electron chi connectivity index (χ1n) is 14.3. The van der Waals surface area contributed by atoms with Gasteiger partial charge in [0, 0.05) is 83.1 Å². The molecule has 2 saturated heterocycles. The van der Waals surface area contributed by atoms with Gasteiger partial charge in [-0.3, -0.25) is 9.80 Å². The normalized spacial score (nSPS) is 19.6. The molecule has 2 aliphatic rings. The third-order valence-corrected chi connectivity index (χ3v) is 9.17. The minimum absolute atomic E-state index is 0.232. The molecule has 2 aliphatic heterocycles. The molecule has 0 saturated carbocycles. The highest BCUT2D eigenvalue weighted by molar-refractivity contribution is 6.35. The molecule has 0 spiro atoms. The SMILES string of the molecule is NCCCn1cc(-c2ccc(OC(F)(F)F)cc2)c2cc(CN3CC4CCC(C3)N4Cc3c(Cl)cccc3Cl)ccc21. The Kier molecular flexibility index (Phi) is 8.44. The number of hydrogen-bond acceptors (Lipinski definition) is 4.